The van der Waals surface area contributed by atoms with Crippen molar-refractivity contribution in [3.8, 4) is 0 Å². The Kier molecular flexibility index (Phi) is 3.65. The van der Waals surface area contributed by atoms with Gasteiger partial charge in [-0.25, -0.2) is 0 Å². The van der Waals surface area contributed by atoms with Gasteiger partial charge in [0.2, 0.25) is 0 Å². The Morgan fingerprint density at radius 2 is 2.60 bits per heavy atom. The van der Waals surface area contributed by atoms with Gasteiger partial charge in [-0.2, -0.15) is 0 Å². The van der Waals surface area contributed by atoms with Crippen molar-refractivity contribution in [1.29, 1.82) is 0 Å². The average Bonchev–Trinajstić information content (AvgIpc) is 2.75. The van der Waals surface area contributed by atoms with Crippen molar-refractivity contribution in [2.75, 3.05) is 26.3 Å². The zero-order chi connectivity index (χ0) is 10.5. The van der Waals surface area contributed by atoms with E-state index in [1.807, 2.05) is 4.57 Å². The fourth-order valence-electron chi connectivity index (χ4n) is 1.66. The molecular formula is C9H16N4O2. The Bertz CT molecular complexity index is 296. The van der Waals surface area contributed by atoms with Crippen LogP contribution in [0.2, 0.25) is 0 Å². The highest BCUT2D eigenvalue weighted by atomic mass is 16.5. The van der Waals surface area contributed by atoms with E-state index in [1.165, 1.54) is 0 Å². The Labute approximate surface area is 88.3 Å². The molecule has 1 saturated heterocycles. The van der Waals surface area contributed by atoms with Crippen LogP contribution in [0, 0.1) is 0 Å². The van der Waals surface area contributed by atoms with Crippen LogP contribution in [0.5, 0.6) is 0 Å². The summed E-state index contributed by atoms with van der Waals surface area (Å²) in [5.74, 6) is 0.843. The second-order valence-corrected chi connectivity index (χ2v) is 3.52. The first kappa shape index (κ1) is 10.5. The van der Waals surface area contributed by atoms with Crippen LogP contribution in [0.3, 0.4) is 0 Å². The topological polar surface area (TPSA) is 72.2 Å². The van der Waals surface area contributed by atoms with Gasteiger partial charge in [-0.3, -0.25) is 0 Å². The molecule has 1 aliphatic heterocycles. The number of nitrogens with one attached hydrogen (secondary N) is 1. The molecular weight excluding hydrogens is 196 g/mol. The summed E-state index contributed by atoms with van der Waals surface area (Å²) >= 11 is 0. The number of rotatable bonds is 4. The highest BCUT2D eigenvalue weighted by Crippen LogP contribution is 2.16. The van der Waals surface area contributed by atoms with Crippen LogP contribution in [0.1, 0.15) is 18.3 Å². The molecule has 0 spiro atoms. The lowest BCUT2D eigenvalue weighted by atomic mass is 10.3. The number of aliphatic hydroxyl groups is 1. The van der Waals surface area contributed by atoms with Gasteiger partial charge in [0.15, 0.2) is 5.82 Å². The van der Waals surface area contributed by atoms with Crippen molar-refractivity contribution < 1.29 is 9.84 Å². The second-order valence-electron chi connectivity index (χ2n) is 3.52. The molecule has 1 aromatic heterocycles. The largest absolute Gasteiger partial charge is 0.396 e. The van der Waals surface area contributed by atoms with Crippen LogP contribution >= 0.6 is 0 Å². The SMILES string of the molecule is OCCCn1cnnc1C1CNCCO1. The van der Waals surface area contributed by atoms with Crippen molar-refractivity contribution in [3.05, 3.63) is 12.2 Å². The van der Waals surface area contributed by atoms with E-state index in [0.29, 0.717) is 13.0 Å². The fourth-order valence-corrected chi connectivity index (χ4v) is 1.66. The minimum Gasteiger partial charge on any atom is -0.396 e. The van der Waals surface area contributed by atoms with E-state index in [4.69, 9.17) is 9.84 Å². The maximum atomic E-state index is 8.77. The van der Waals surface area contributed by atoms with Gasteiger partial charge in [0.1, 0.15) is 12.4 Å². The molecule has 2 N–H and O–H groups in total. The maximum absolute atomic E-state index is 8.77. The lowest BCUT2D eigenvalue weighted by Gasteiger charge is -2.23. The molecule has 6 nitrogen and oxygen atoms in total. The van der Waals surface area contributed by atoms with E-state index in [1.54, 1.807) is 6.33 Å². The fraction of sp³-hybridized carbons (Fsp3) is 0.778. The van der Waals surface area contributed by atoms with Crippen molar-refractivity contribution in [3.63, 3.8) is 0 Å². The van der Waals surface area contributed by atoms with E-state index in [9.17, 15) is 0 Å². The summed E-state index contributed by atoms with van der Waals surface area (Å²) < 4.78 is 7.53. The summed E-state index contributed by atoms with van der Waals surface area (Å²) in [6.07, 6.45) is 2.38. The van der Waals surface area contributed by atoms with Crippen LogP contribution in [0.25, 0.3) is 0 Å². The Balaban J connectivity index is 2.02. The van der Waals surface area contributed by atoms with Crippen molar-refractivity contribution in [1.82, 2.24) is 20.1 Å². The minimum atomic E-state index is -0.0139. The molecule has 1 atom stereocenters. The molecule has 1 aromatic rings. The number of hydrogen-bond donors (Lipinski definition) is 2. The molecule has 2 heterocycles. The molecule has 0 bridgehead atoms. The average molecular weight is 212 g/mol. The zero-order valence-corrected chi connectivity index (χ0v) is 8.59. The van der Waals surface area contributed by atoms with Crippen molar-refractivity contribution in [2.45, 2.75) is 19.1 Å². The van der Waals surface area contributed by atoms with E-state index < -0.39 is 0 Å². The van der Waals surface area contributed by atoms with Crippen LogP contribution < -0.4 is 5.32 Å². The lowest BCUT2D eigenvalue weighted by molar-refractivity contribution is 0.0195. The number of aromatic nitrogens is 3. The maximum Gasteiger partial charge on any atom is 0.163 e. The first-order valence-corrected chi connectivity index (χ1v) is 5.22. The summed E-state index contributed by atoms with van der Waals surface area (Å²) in [7, 11) is 0. The normalized spacial score (nSPS) is 21.8. The number of morpholine rings is 1. The highest BCUT2D eigenvalue weighted by molar-refractivity contribution is 4.94. The van der Waals surface area contributed by atoms with Crippen LogP contribution in [0.15, 0.2) is 6.33 Å². The van der Waals surface area contributed by atoms with E-state index >= 15 is 0 Å². The first-order valence-electron chi connectivity index (χ1n) is 5.22. The summed E-state index contributed by atoms with van der Waals surface area (Å²) in [4.78, 5) is 0. The van der Waals surface area contributed by atoms with Gasteiger partial charge in [0.05, 0.1) is 6.61 Å². The van der Waals surface area contributed by atoms with Gasteiger partial charge in [0.25, 0.3) is 0 Å². The molecule has 1 aliphatic rings. The Morgan fingerprint density at radius 1 is 1.67 bits per heavy atom. The Hall–Kier alpha value is -0.980. The molecule has 84 valence electrons. The van der Waals surface area contributed by atoms with Crippen LogP contribution in [0.4, 0.5) is 0 Å². The van der Waals surface area contributed by atoms with Crippen molar-refractivity contribution >= 4 is 0 Å². The summed E-state index contributed by atoms with van der Waals surface area (Å²) in [6, 6.07) is 0. The minimum absolute atomic E-state index is 0.0139. The highest BCUT2D eigenvalue weighted by Gasteiger charge is 2.20. The van der Waals surface area contributed by atoms with Crippen molar-refractivity contribution in [2.24, 2.45) is 0 Å². The van der Waals surface area contributed by atoms with Gasteiger partial charge in [0, 0.05) is 26.2 Å². The second kappa shape index (κ2) is 5.20. The van der Waals surface area contributed by atoms with E-state index in [0.717, 1.165) is 25.5 Å². The third kappa shape index (κ3) is 2.53. The van der Waals surface area contributed by atoms with E-state index in [-0.39, 0.29) is 12.7 Å². The van der Waals surface area contributed by atoms with E-state index in [2.05, 4.69) is 15.5 Å². The number of aryl methyl sites for hydroxylation is 1. The smallest absolute Gasteiger partial charge is 0.163 e. The number of ether oxygens (including phenoxy) is 1. The summed E-state index contributed by atoms with van der Waals surface area (Å²) in [5, 5.41) is 20.0. The molecule has 0 aliphatic carbocycles. The summed E-state index contributed by atoms with van der Waals surface area (Å²) in [6.45, 7) is 3.29. The van der Waals surface area contributed by atoms with Gasteiger partial charge < -0.3 is 19.7 Å². The van der Waals surface area contributed by atoms with Gasteiger partial charge in [-0.15, -0.1) is 10.2 Å². The monoisotopic (exact) mass is 212 g/mol. The first-order chi connectivity index (χ1) is 7.42. The quantitative estimate of drug-likeness (QED) is 0.692. The standard InChI is InChI=1S/C9H16N4O2/c14-4-1-3-13-7-11-12-9(13)8-6-10-2-5-15-8/h7-8,10,14H,1-6H2. The molecule has 1 fully saturated rings. The van der Waals surface area contributed by atoms with Gasteiger partial charge in [-0.1, -0.05) is 0 Å². The molecule has 0 amide bonds. The third-order valence-electron chi connectivity index (χ3n) is 2.42. The van der Waals surface area contributed by atoms with Gasteiger partial charge >= 0.3 is 0 Å². The molecule has 0 saturated carbocycles. The van der Waals surface area contributed by atoms with Crippen LogP contribution in [-0.4, -0.2) is 46.2 Å². The molecule has 1 unspecified atom stereocenters. The van der Waals surface area contributed by atoms with Crippen LogP contribution in [-0.2, 0) is 11.3 Å². The zero-order valence-electron chi connectivity index (χ0n) is 8.59. The lowest BCUT2D eigenvalue weighted by Crippen LogP contribution is -2.34. The number of aliphatic hydroxyl groups excluding tert-OH is 1. The van der Waals surface area contributed by atoms with Gasteiger partial charge in [-0.05, 0) is 6.42 Å². The third-order valence-corrected chi connectivity index (χ3v) is 2.42. The number of hydrogen-bond acceptors (Lipinski definition) is 5. The molecule has 2 rings (SSSR count). The molecule has 0 radical (unpaired) electrons. The molecule has 6 heteroatoms. The number of nitrogens with zero attached hydrogens (tertiary/aromatic N) is 3. The predicted molar refractivity (Wildman–Crippen MR) is 53.3 cm³/mol. The molecule has 0 aromatic carbocycles. The molecule has 15 heavy (non-hydrogen) atoms. The Morgan fingerprint density at radius 3 is 3.33 bits per heavy atom. The predicted octanol–water partition coefficient (Wildman–Crippen LogP) is -0.679. The summed E-state index contributed by atoms with van der Waals surface area (Å²) in [5.41, 5.74) is 0.